The molecule has 0 radical (unpaired) electrons. The molecule has 1 aromatic heterocycles. The van der Waals surface area contributed by atoms with Crippen LogP contribution < -0.4 is 10.7 Å². The molecule has 0 saturated heterocycles. The van der Waals surface area contributed by atoms with Gasteiger partial charge in [0.1, 0.15) is 11.8 Å². The van der Waals surface area contributed by atoms with Gasteiger partial charge < -0.3 is 9.73 Å². The Morgan fingerprint density at radius 1 is 1.32 bits per heavy atom. The van der Waals surface area contributed by atoms with Gasteiger partial charge in [-0.3, -0.25) is 10.2 Å². The van der Waals surface area contributed by atoms with Crippen LogP contribution in [-0.4, -0.2) is 24.0 Å². The molecule has 0 bridgehead atoms. The van der Waals surface area contributed by atoms with Gasteiger partial charge in [0.2, 0.25) is 0 Å². The molecular weight excluding hydrogens is 338 g/mol. The number of nitrogens with two attached hydrogens (primary N) is 1. The number of nitrogens with zero attached hydrogens (tertiary/aromatic N) is 1. The van der Waals surface area contributed by atoms with Crippen molar-refractivity contribution in [3.8, 4) is 0 Å². The fourth-order valence-corrected chi connectivity index (χ4v) is 2.94. The molecule has 3 N–H and O–H groups in total. The average Bonchev–Trinajstić information content (AvgIpc) is 3.28. The quantitative estimate of drug-likeness (QED) is 0.746. The van der Waals surface area contributed by atoms with E-state index in [1.807, 2.05) is 47.8 Å². The maximum Gasteiger partial charge on any atom is 0.296 e. The Morgan fingerprint density at radius 3 is 2.80 bits per heavy atom. The lowest BCUT2D eigenvalue weighted by Crippen LogP contribution is -2.86. The number of rotatable bonds is 7. The molecule has 1 amide bonds. The first kappa shape index (κ1) is 17.6. The predicted octanol–water partition coefficient (Wildman–Crippen LogP) is 2.73. The number of benzene rings is 1. The van der Waals surface area contributed by atoms with E-state index in [2.05, 4.69) is 12.3 Å². The molecule has 0 fully saturated rings. The van der Waals surface area contributed by atoms with Crippen molar-refractivity contribution in [2.45, 2.75) is 25.8 Å². The standard InChI is InChI=1S/C19H22ClN3O2/c1-2-3-10-21-13-19(24)23-17(18-5-4-11-25-18)12-16(22-23)14-6-8-15(20)9-7-14/h4-9,11-12,17,21-22H,2-3,10,13H2,1H3/p+1/t17-/m0/s1. The Bertz CT molecular complexity index is 726. The molecule has 0 unspecified atom stereocenters. The van der Waals surface area contributed by atoms with Crippen molar-refractivity contribution in [3.05, 3.63) is 65.1 Å². The Hall–Kier alpha value is -2.24. The molecule has 0 aliphatic carbocycles. The number of nitrogens with one attached hydrogen (secondary N) is 1. The lowest BCUT2D eigenvalue weighted by Gasteiger charge is -2.23. The third kappa shape index (κ3) is 4.24. The lowest BCUT2D eigenvalue weighted by atomic mass is 10.1. The highest BCUT2D eigenvalue weighted by atomic mass is 35.5. The first-order chi connectivity index (χ1) is 12.2. The van der Waals surface area contributed by atoms with E-state index in [1.165, 1.54) is 0 Å². The molecule has 5 nitrogen and oxygen atoms in total. The van der Waals surface area contributed by atoms with E-state index in [4.69, 9.17) is 16.0 Å². The number of hydrogen-bond donors (Lipinski definition) is 2. The Morgan fingerprint density at radius 2 is 2.12 bits per heavy atom. The molecule has 3 rings (SSSR count). The van der Waals surface area contributed by atoms with Crippen LogP contribution >= 0.6 is 11.6 Å². The van der Waals surface area contributed by atoms with Gasteiger partial charge in [-0.25, -0.2) is 5.01 Å². The smallest absolute Gasteiger partial charge is 0.296 e. The van der Waals surface area contributed by atoms with Crippen molar-refractivity contribution in [2.24, 2.45) is 0 Å². The molecule has 0 spiro atoms. The number of unbranched alkanes of at least 4 members (excludes halogenated alkanes) is 1. The van der Waals surface area contributed by atoms with Crippen LogP contribution in [0.25, 0.3) is 5.70 Å². The molecule has 1 atom stereocenters. The zero-order valence-corrected chi connectivity index (χ0v) is 15.0. The summed E-state index contributed by atoms with van der Waals surface area (Å²) in [5.74, 6) is 0.760. The van der Waals surface area contributed by atoms with Crippen LogP contribution in [0.1, 0.15) is 37.1 Å². The van der Waals surface area contributed by atoms with Crippen molar-refractivity contribution in [3.63, 3.8) is 0 Å². The molecule has 1 aliphatic heterocycles. The van der Waals surface area contributed by atoms with E-state index in [-0.39, 0.29) is 11.9 Å². The third-order valence-electron chi connectivity index (χ3n) is 4.18. The predicted molar refractivity (Wildman–Crippen MR) is 97.4 cm³/mol. The first-order valence-electron chi connectivity index (χ1n) is 8.60. The summed E-state index contributed by atoms with van der Waals surface area (Å²) < 4.78 is 5.53. The summed E-state index contributed by atoms with van der Waals surface area (Å²) in [5.41, 5.74) is 5.08. The summed E-state index contributed by atoms with van der Waals surface area (Å²) >= 11 is 5.97. The topological polar surface area (TPSA) is 62.1 Å². The zero-order chi connectivity index (χ0) is 17.6. The van der Waals surface area contributed by atoms with Crippen LogP contribution in [0.4, 0.5) is 0 Å². The maximum absolute atomic E-state index is 12.7. The van der Waals surface area contributed by atoms with Gasteiger partial charge in [0.25, 0.3) is 5.91 Å². The number of carbonyl (C=O) groups excluding carboxylic acids is 1. The monoisotopic (exact) mass is 360 g/mol. The summed E-state index contributed by atoms with van der Waals surface area (Å²) in [6, 6.07) is 11.0. The van der Waals surface area contributed by atoms with Crippen LogP contribution in [0.15, 0.2) is 53.2 Å². The van der Waals surface area contributed by atoms with Gasteiger partial charge in [-0.2, -0.15) is 0 Å². The Labute approximate surface area is 152 Å². The fraction of sp³-hybridized carbons (Fsp3) is 0.316. The SMILES string of the molecule is CCCC[NH2+]CC(=O)N1NC(c2ccc(Cl)cc2)=C[C@H]1c1ccco1. The molecule has 25 heavy (non-hydrogen) atoms. The van der Waals surface area contributed by atoms with Gasteiger partial charge >= 0.3 is 0 Å². The molecule has 0 saturated carbocycles. The second-order valence-corrected chi connectivity index (χ2v) is 6.49. The third-order valence-corrected chi connectivity index (χ3v) is 4.43. The minimum absolute atomic E-state index is 0.0257. The molecule has 2 aromatic rings. The Kier molecular flexibility index (Phi) is 5.79. The fourth-order valence-electron chi connectivity index (χ4n) is 2.82. The van der Waals surface area contributed by atoms with Crippen LogP contribution in [0.2, 0.25) is 5.02 Å². The molecule has 2 heterocycles. The van der Waals surface area contributed by atoms with Gasteiger partial charge in [0.05, 0.1) is 18.5 Å². The lowest BCUT2D eigenvalue weighted by molar-refractivity contribution is -0.645. The van der Waals surface area contributed by atoms with Crippen LogP contribution in [-0.2, 0) is 4.79 Å². The number of halogens is 1. The van der Waals surface area contributed by atoms with Gasteiger partial charge in [0.15, 0.2) is 6.54 Å². The van der Waals surface area contributed by atoms with E-state index >= 15 is 0 Å². The highest BCUT2D eigenvalue weighted by molar-refractivity contribution is 6.30. The van der Waals surface area contributed by atoms with Gasteiger partial charge in [-0.05, 0) is 42.3 Å². The second-order valence-electron chi connectivity index (χ2n) is 6.06. The van der Waals surface area contributed by atoms with E-state index in [1.54, 1.807) is 11.3 Å². The summed E-state index contributed by atoms with van der Waals surface area (Å²) in [7, 11) is 0. The number of carbonyl (C=O) groups is 1. The van der Waals surface area contributed by atoms with Crippen molar-refractivity contribution >= 4 is 23.2 Å². The van der Waals surface area contributed by atoms with Crippen molar-refractivity contribution in [1.82, 2.24) is 10.4 Å². The normalized spacial score (nSPS) is 16.6. The molecule has 1 aliphatic rings. The maximum atomic E-state index is 12.7. The van der Waals surface area contributed by atoms with E-state index < -0.39 is 0 Å². The van der Waals surface area contributed by atoms with E-state index in [0.717, 1.165) is 36.4 Å². The highest BCUT2D eigenvalue weighted by Gasteiger charge is 2.32. The first-order valence-corrected chi connectivity index (χ1v) is 8.98. The molecular formula is C19H23ClN3O2+. The summed E-state index contributed by atoms with van der Waals surface area (Å²) in [6.45, 7) is 3.51. The summed E-state index contributed by atoms with van der Waals surface area (Å²) in [4.78, 5) is 12.7. The highest BCUT2D eigenvalue weighted by Crippen LogP contribution is 2.31. The van der Waals surface area contributed by atoms with Crippen molar-refractivity contribution < 1.29 is 14.5 Å². The van der Waals surface area contributed by atoms with Gasteiger partial charge in [0, 0.05) is 5.02 Å². The van der Waals surface area contributed by atoms with Crippen LogP contribution in [0.3, 0.4) is 0 Å². The average molecular weight is 361 g/mol. The summed E-state index contributed by atoms with van der Waals surface area (Å²) in [6.07, 6.45) is 5.87. The van der Waals surface area contributed by atoms with Crippen molar-refractivity contribution in [2.75, 3.05) is 13.1 Å². The minimum Gasteiger partial charge on any atom is -0.467 e. The van der Waals surface area contributed by atoms with Crippen LogP contribution in [0, 0.1) is 0 Å². The van der Waals surface area contributed by atoms with Crippen molar-refractivity contribution in [1.29, 1.82) is 0 Å². The number of amides is 1. The van der Waals surface area contributed by atoms with Gasteiger partial charge in [-0.1, -0.05) is 37.1 Å². The number of quaternary nitrogens is 1. The van der Waals surface area contributed by atoms with Crippen LogP contribution in [0.5, 0.6) is 0 Å². The minimum atomic E-state index is -0.257. The molecule has 1 aromatic carbocycles. The number of hydrazine groups is 1. The van der Waals surface area contributed by atoms with E-state index in [9.17, 15) is 4.79 Å². The van der Waals surface area contributed by atoms with E-state index in [0.29, 0.717) is 11.6 Å². The Balaban J connectivity index is 1.76. The summed E-state index contributed by atoms with van der Waals surface area (Å²) in [5, 5.41) is 4.38. The second kappa shape index (κ2) is 8.23. The zero-order valence-electron chi connectivity index (χ0n) is 14.2. The largest absolute Gasteiger partial charge is 0.467 e. The van der Waals surface area contributed by atoms with Gasteiger partial charge in [-0.15, -0.1) is 0 Å². The molecule has 6 heteroatoms. The number of hydrogen-bond acceptors (Lipinski definition) is 3. The number of furan rings is 1. The molecule has 132 valence electrons.